The van der Waals surface area contributed by atoms with Crippen LogP contribution >= 0.6 is 0 Å². The molecule has 3 heteroatoms. The van der Waals surface area contributed by atoms with Crippen LogP contribution in [-0.4, -0.2) is 22.2 Å². The van der Waals surface area contributed by atoms with Gasteiger partial charge in [-0.05, 0) is 29.9 Å². The van der Waals surface area contributed by atoms with Crippen molar-refractivity contribution in [2.24, 2.45) is 0 Å². The smallest absolute Gasteiger partial charge is 0.0570 e. The van der Waals surface area contributed by atoms with Crippen molar-refractivity contribution in [2.75, 3.05) is 0 Å². The van der Waals surface area contributed by atoms with E-state index in [1.807, 2.05) is 12.4 Å². The molecule has 1 aliphatic carbocycles. The summed E-state index contributed by atoms with van der Waals surface area (Å²) in [4.78, 5) is 4.13. The van der Waals surface area contributed by atoms with Crippen LogP contribution in [0.3, 0.4) is 0 Å². The minimum absolute atomic E-state index is 0.0933. The molecule has 1 aliphatic rings. The largest absolute Gasteiger partial charge is 0.393 e. The molecule has 0 amide bonds. The van der Waals surface area contributed by atoms with E-state index < -0.39 is 0 Å². The fourth-order valence-electron chi connectivity index (χ4n) is 2.35. The first-order chi connectivity index (χ1) is 8.33. The number of hydrogen-bond acceptors (Lipinski definition) is 3. The molecule has 1 aromatic heterocycles. The van der Waals surface area contributed by atoms with E-state index >= 15 is 0 Å². The topological polar surface area (TPSA) is 45.1 Å². The number of aliphatic hydroxyl groups is 1. The average molecular weight is 228 g/mol. The third kappa shape index (κ3) is 2.16. The molecule has 0 bridgehead atoms. The molecule has 2 aromatic rings. The van der Waals surface area contributed by atoms with Gasteiger partial charge in [-0.3, -0.25) is 4.98 Å². The van der Waals surface area contributed by atoms with Gasteiger partial charge >= 0.3 is 0 Å². The van der Waals surface area contributed by atoms with Crippen LogP contribution in [0.25, 0.3) is 10.8 Å². The summed E-state index contributed by atoms with van der Waals surface area (Å²) in [6.45, 7) is 0.860. The molecular formula is C14H16N2O. The van der Waals surface area contributed by atoms with Crippen molar-refractivity contribution in [3.05, 3.63) is 42.2 Å². The summed E-state index contributed by atoms with van der Waals surface area (Å²) in [5.41, 5.74) is 1.30. The van der Waals surface area contributed by atoms with Gasteiger partial charge in [0.25, 0.3) is 0 Å². The number of rotatable bonds is 3. The molecule has 0 saturated heterocycles. The molecular weight excluding hydrogens is 212 g/mol. The van der Waals surface area contributed by atoms with Crippen molar-refractivity contribution in [2.45, 2.75) is 31.5 Å². The zero-order valence-electron chi connectivity index (χ0n) is 9.63. The Balaban J connectivity index is 1.76. The van der Waals surface area contributed by atoms with Crippen molar-refractivity contribution in [3.8, 4) is 0 Å². The van der Waals surface area contributed by atoms with Crippen LogP contribution in [0.15, 0.2) is 36.7 Å². The molecule has 0 spiro atoms. The molecule has 17 heavy (non-hydrogen) atoms. The maximum absolute atomic E-state index is 9.24. The number of benzene rings is 1. The number of nitrogens with zero attached hydrogens (tertiary/aromatic N) is 1. The summed E-state index contributed by atoms with van der Waals surface area (Å²) in [5, 5.41) is 15.2. The van der Waals surface area contributed by atoms with Crippen LogP contribution in [-0.2, 0) is 6.54 Å². The fraction of sp³-hybridized carbons (Fsp3) is 0.357. The minimum Gasteiger partial charge on any atom is -0.393 e. The Morgan fingerprint density at radius 2 is 2.18 bits per heavy atom. The first kappa shape index (κ1) is 10.7. The van der Waals surface area contributed by atoms with Gasteiger partial charge in [0, 0.05) is 30.4 Å². The van der Waals surface area contributed by atoms with Gasteiger partial charge < -0.3 is 10.4 Å². The fourth-order valence-corrected chi connectivity index (χ4v) is 2.35. The third-order valence-electron chi connectivity index (χ3n) is 3.47. The Bertz CT molecular complexity index is 515. The molecule has 3 nitrogen and oxygen atoms in total. The zero-order chi connectivity index (χ0) is 11.7. The Hall–Kier alpha value is -1.45. The number of fused-ring (bicyclic) bond motifs is 1. The second kappa shape index (κ2) is 4.43. The standard InChI is InChI=1S/C14H16N2O/c17-13-6-12(7-13)16-9-11-3-1-2-10-8-15-5-4-14(10)11/h1-5,8,12-13,16-17H,6-7,9H2. The van der Waals surface area contributed by atoms with Gasteiger partial charge in [-0.2, -0.15) is 0 Å². The van der Waals surface area contributed by atoms with Crippen molar-refractivity contribution in [3.63, 3.8) is 0 Å². The molecule has 0 radical (unpaired) electrons. The zero-order valence-corrected chi connectivity index (χ0v) is 9.63. The summed E-state index contributed by atoms with van der Waals surface area (Å²) in [7, 11) is 0. The molecule has 1 aromatic carbocycles. The van der Waals surface area contributed by atoms with Gasteiger partial charge in [0.05, 0.1) is 6.10 Å². The predicted molar refractivity (Wildman–Crippen MR) is 67.6 cm³/mol. The van der Waals surface area contributed by atoms with Gasteiger partial charge in [0.1, 0.15) is 0 Å². The third-order valence-corrected chi connectivity index (χ3v) is 3.47. The molecule has 88 valence electrons. The normalized spacial score (nSPS) is 23.6. The number of aliphatic hydroxyl groups excluding tert-OH is 1. The predicted octanol–water partition coefficient (Wildman–Crippen LogP) is 1.85. The summed E-state index contributed by atoms with van der Waals surface area (Å²) >= 11 is 0. The highest BCUT2D eigenvalue weighted by atomic mass is 16.3. The molecule has 3 rings (SSSR count). The van der Waals surface area contributed by atoms with Crippen molar-refractivity contribution in [1.82, 2.24) is 10.3 Å². The monoisotopic (exact) mass is 228 g/mol. The highest BCUT2D eigenvalue weighted by Crippen LogP contribution is 2.21. The number of aromatic nitrogens is 1. The number of hydrogen-bond donors (Lipinski definition) is 2. The molecule has 1 fully saturated rings. The van der Waals surface area contributed by atoms with E-state index in [0.717, 1.165) is 19.4 Å². The Kier molecular flexibility index (Phi) is 2.79. The van der Waals surface area contributed by atoms with Crippen molar-refractivity contribution in [1.29, 1.82) is 0 Å². The van der Waals surface area contributed by atoms with Crippen LogP contribution in [0.4, 0.5) is 0 Å². The number of pyridine rings is 1. The van der Waals surface area contributed by atoms with Gasteiger partial charge in [-0.25, -0.2) is 0 Å². The van der Waals surface area contributed by atoms with E-state index in [0.29, 0.717) is 6.04 Å². The van der Waals surface area contributed by atoms with E-state index in [-0.39, 0.29) is 6.10 Å². The van der Waals surface area contributed by atoms with E-state index in [4.69, 9.17) is 0 Å². The Labute approximate surface area is 100 Å². The highest BCUT2D eigenvalue weighted by molar-refractivity contribution is 5.84. The van der Waals surface area contributed by atoms with Crippen LogP contribution in [0.1, 0.15) is 18.4 Å². The minimum atomic E-state index is -0.0933. The van der Waals surface area contributed by atoms with Gasteiger partial charge in [-0.15, -0.1) is 0 Å². The lowest BCUT2D eigenvalue weighted by Gasteiger charge is -2.32. The van der Waals surface area contributed by atoms with Crippen molar-refractivity contribution >= 4 is 10.8 Å². The van der Waals surface area contributed by atoms with Crippen LogP contribution in [0.5, 0.6) is 0 Å². The maximum atomic E-state index is 9.24. The SMILES string of the molecule is OC1CC(NCc2cccc3cnccc23)C1. The van der Waals surface area contributed by atoms with E-state index in [9.17, 15) is 5.11 Å². The maximum Gasteiger partial charge on any atom is 0.0570 e. The Morgan fingerprint density at radius 3 is 3.00 bits per heavy atom. The lowest BCUT2D eigenvalue weighted by Crippen LogP contribution is -2.43. The second-order valence-electron chi connectivity index (χ2n) is 4.72. The molecule has 1 heterocycles. The lowest BCUT2D eigenvalue weighted by molar-refractivity contribution is 0.0620. The van der Waals surface area contributed by atoms with Crippen LogP contribution in [0, 0.1) is 0 Å². The van der Waals surface area contributed by atoms with Gasteiger partial charge in [0.15, 0.2) is 0 Å². The summed E-state index contributed by atoms with van der Waals surface area (Å²) in [6.07, 6.45) is 5.40. The highest BCUT2D eigenvalue weighted by Gasteiger charge is 2.26. The summed E-state index contributed by atoms with van der Waals surface area (Å²) in [5.74, 6) is 0. The molecule has 0 atom stereocenters. The lowest BCUT2D eigenvalue weighted by atomic mass is 9.89. The quantitative estimate of drug-likeness (QED) is 0.842. The van der Waals surface area contributed by atoms with E-state index in [1.54, 1.807) is 0 Å². The molecule has 1 saturated carbocycles. The van der Waals surface area contributed by atoms with E-state index in [2.05, 4.69) is 34.6 Å². The molecule has 0 unspecified atom stereocenters. The summed E-state index contributed by atoms with van der Waals surface area (Å²) < 4.78 is 0. The Morgan fingerprint density at radius 1 is 1.29 bits per heavy atom. The molecule has 2 N–H and O–H groups in total. The van der Waals surface area contributed by atoms with Crippen LogP contribution in [0.2, 0.25) is 0 Å². The van der Waals surface area contributed by atoms with Crippen molar-refractivity contribution < 1.29 is 5.11 Å². The second-order valence-corrected chi connectivity index (χ2v) is 4.72. The van der Waals surface area contributed by atoms with Gasteiger partial charge in [-0.1, -0.05) is 18.2 Å². The first-order valence-corrected chi connectivity index (χ1v) is 6.06. The average Bonchev–Trinajstić information content (AvgIpc) is 2.33. The summed E-state index contributed by atoms with van der Waals surface area (Å²) in [6, 6.07) is 8.82. The molecule has 0 aliphatic heterocycles. The van der Waals surface area contributed by atoms with Crippen LogP contribution < -0.4 is 5.32 Å². The van der Waals surface area contributed by atoms with Gasteiger partial charge in [0.2, 0.25) is 0 Å². The van der Waals surface area contributed by atoms with E-state index in [1.165, 1.54) is 16.3 Å². The first-order valence-electron chi connectivity index (χ1n) is 6.06. The number of nitrogens with one attached hydrogen (secondary N) is 1.